The lowest BCUT2D eigenvalue weighted by molar-refractivity contribution is -0.0450. The number of aromatic nitrogens is 1. The van der Waals surface area contributed by atoms with Crippen molar-refractivity contribution in [1.82, 2.24) is 9.88 Å². The van der Waals surface area contributed by atoms with Gasteiger partial charge in [0, 0.05) is 24.2 Å². The lowest BCUT2D eigenvalue weighted by Gasteiger charge is -2.50. The number of aromatic hydroxyl groups is 1. The van der Waals surface area contributed by atoms with Gasteiger partial charge in [-0.05, 0) is 31.2 Å². The van der Waals surface area contributed by atoms with Crippen LogP contribution >= 0.6 is 11.6 Å². The Balaban J connectivity index is 1.70. The maximum atomic E-state index is 12.1. The summed E-state index contributed by atoms with van der Waals surface area (Å²) >= 11 is 6.17. The predicted octanol–water partition coefficient (Wildman–Crippen LogP) is 2.55. The molecule has 3 fully saturated rings. The average Bonchev–Trinajstić information content (AvgIpc) is 2.74. The minimum absolute atomic E-state index is 0.0245. The number of hydrogen-bond donors (Lipinski definition) is 2. The molecule has 31 heavy (non-hydrogen) atoms. The van der Waals surface area contributed by atoms with Gasteiger partial charge in [0.1, 0.15) is 0 Å². The summed E-state index contributed by atoms with van der Waals surface area (Å²) in [5.41, 5.74) is 0.261. The highest BCUT2D eigenvalue weighted by atomic mass is 35.5. The van der Waals surface area contributed by atoms with Crippen molar-refractivity contribution in [2.75, 3.05) is 20.2 Å². The first-order valence-electron chi connectivity index (χ1n) is 9.85. The van der Waals surface area contributed by atoms with E-state index in [-0.39, 0.29) is 44.9 Å². The number of pyridine rings is 1. The van der Waals surface area contributed by atoms with Crippen molar-refractivity contribution in [3.8, 4) is 23.0 Å². The first kappa shape index (κ1) is 20.6. The van der Waals surface area contributed by atoms with Crippen molar-refractivity contribution in [3.63, 3.8) is 0 Å². The first-order chi connectivity index (χ1) is 14.7. The number of aliphatic hydroxyl groups excluding tert-OH is 1. The van der Waals surface area contributed by atoms with E-state index in [1.807, 2.05) is 6.08 Å². The van der Waals surface area contributed by atoms with Crippen molar-refractivity contribution in [1.29, 1.82) is 0 Å². The van der Waals surface area contributed by atoms with Gasteiger partial charge in [-0.3, -0.25) is 4.90 Å². The summed E-state index contributed by atoms with van der Waals surface area (Å²) in [5.74, 6) is 0.00459. The van der Waals surface area contributed by atoms with Gasteiger partial charge in [-0.1, -0.05) is 17.7 Å². The molecule has 2 unspecified atom stereocenters. The van der Waals surface area contributed by atoms with Gasteiger partial charge in [0.25, 0.3) is 0 Å². The Kier molecular flexibility index (Phi) is 4.74. The van der Waals surface area contributed by atoms with Crippen LogP contribution in [0.1, 0.15) is 24.5 Å². The maximum Gasteiger partial charge on any atom is 0.501 e. The molecule has 1 aromatic heterocycles. The number of ether oxygens (including phenoxy) is 1. The summed E-state index contributed by atoms with van der Waals surface area (Å²) in [6.07, 6.45) is 2.49. The van der Waals surface area contributed by atoms with Crippen LogP contribution in [-0.2, 0) is 10.4 Å². The fourth-order valence-electron chi connectivity index (χ4n) is 5.09. The van der Waals surface area contributed by atoms with Gasteiger partial charge in [-0.25, -0.2) is 4.98 Å². The highest BCUT2D eigenvalue weighted by Crippen LogP contribution is 2.53. The second-order valence-electron chi connectivity index (χ2n) is 8.06. The van der Waals surface area contributed by atoms with E-state index >= 15 is 0 Å². The predicted molar refractivity (Wildman–Crippen MR) is 112 cm³/mol. The molecule has 0 spiro atoms. The smallest absolute Gasteiger partial charge is 0.501 e. The Morgan fingerprint density at radius 2 is 2.23 bits per heavy atom. The molecule has 5 atom stereocenters. The van der Waals surface area contributed by atoms with Gasteiger partial charge in [0.2, 0.25) is 11.5 Å². The number of aliphatic hydroxyl groups is 1. The second kappa shape index (κ2) is 7.13. The number of hydrogen-bond acceptors (Lipinski definition) is 9. The first-order valence-corrected chi connectivity index (χ1v) is 11.6. The van der Waals surface area contributed by atoms with Crippen LogP contribution in [0, 0.1) is 11.8 Å². The topological polar surface area (TPSA) is 118 Å². The number of fused-ring (bicyclic) bond motifs is 7. The number of benzene rings is 1. The fourth-order valence-corrected chi connectivity index (χ4v) is 6.02. The number of nitrogens with zero attached hydrogens (tertiary/aromatic N) is 2. The Hall–Kier alpha value is -2.27. The van der Waals surface area contributed by atoms with Gasteiger partial charge in [0.05, 0.1) is 24.1 Å². The molecule has 0 amide bonds. The molecular weight excluding hydrogens is 448 g/mol. The van der Waals surface area contributed by atoms with Gasteiger partial charge in [-0.2, -0.15) is 0 Å². The number of rotatable bonds is 4. The molecule has 3 saturated heterocycles. The minimum atomic E-state index is -4.39. The third-order valence-electron chi connectivity index (χ3n) is 6.52. The van der Waals surface area contributed by atoms with Crippen molar-refractivity contribution in [2.45, 2.75) is 25.0 Å². The molecule has 5 heterocycles. The van der Waals surface area contributed by atoms with Crippen LogP contribution in [0.4, 0.5) is 0 Å². The normalized spacial score (nSPS) is 29.1. The molecule has 0 aliphatic carbocycles. The van der Waals surface area contributed by atoms with Crippen molar-refractivity contribution in [2.24, 2.45) is 11.8 Å². The SMILES string of the molecule is C=C[C@H]1CN2CCC1C[C@H]2[C@H](O)c1c(O)c(Cl)nc2cc3c(OC)c(c12)OS(=O)(=O)O3. The molecule has 0 radical (unpaired) electrons. The van der Waals surface area contributed by atoms with E-state index in [9.17, 15) is 18.6 Å². The second-order valence-corrected chi connectivity index (χ2v) is 9.57. The zero-order chi connectivity index (χ0) is 22.1. The van der Waals surface area contributed by atoms with Gasteiger partial charge >= 0.3 is 10.4 Å². The van der Waals surface area contributed by atoms with Gasteiger partial charge < -0.3 is 23.3 Å². The minimum Gasteiger partial charge on any atom is -0.504 e. The number of piperidine rings is 3. The van der Waals surface area contributed by atoms with Crippen molar-refractivity contribution in [3.05, 3.63) is 29.4 Å². The number of halogens is 1. The summed E-state index contributed by atoms with van der Waals surface area (Å²) in [6.45, 7) is 5.48. The van der Waals surface area contributed by atoms with E-state index in [2.05, 4.69) is 16.5 Å². The maximum absolute atomic E-state index is 12.1. The molecule has 4 aliphatic heterocycles. The summed E-state index contributed by atoms with van der Waals surface area (Å²) in [7, 11) is -3.06. The van der Waals surface area contributed by atoms with E-state index in [0.29, 0.717) is 18.3 Å². The van der Waals surface area contributed by atoms with E-state index in [4.69, 9.17) is 24.7 Å². The highest BCUT2D eigenvalue weighted by molar-refractivity contribution is 7.82. The molecule has 6 rings (SSSR count). The van der Waals surface area contributed by atoms with Crippen LogP contribution in [0.5, 0.6) is 23.0 Å². The summed E-state index contributed by atoms with van der Waals surface area (Å²) < 4.78 is 39.4. The Morgan fingerprint density at radius 1 is 1.45 bits per heavy atom. The molecular formula is C20H21ClN2O7S. The van der Waals surface area contributed by atoms with E-state index < -0.39 is 22.3 Å². The largest absolute Gasteiger partial charge is 0.504 e. The lowest BCUT2D eigenvalue weighted by Crippen LogP contribution is -2.54. The molecule has 1 aromatic carbocycles. The van der Waals surface area contributed by atoms with Gasteiger partial charge in [0.15, 0.2) is 16.7 Å². The van der Waals surface area contributed by atoms with Crippen LogP contribution in [0.3, 0.4) is 0 Å². The van der Waals surface area contributed by atoms with Crippen LogP contribution < -0.4 is 13.1 Å². The molecule has 4 bridgehead atoms. The monoisotopic (exact) mass is 468 g/mol. The Morgan fingerprint density at radius 3 is 2.87 bits per heavy atom. The lowest BCUT2D eigenvalue weighted by atomic mass is 9.73. The van der Waals surface area contributed by atoms with Crippen LogP contribution in [0.2, 0.25) is 5.15 Å². The van der Waals surface area contributed by atoms with Crippen molar-refractivity contribution < 1.29 is 31.7 Å². The number of methoxy groups -OCH3 is 1. The quantitative estimate of drug-likeness (QED) is 0.515. The van der Waals surface area contributed by atoms with E-state index in [1.165, 1.54) is 13.2 Å². The average molecular weight is 469 g/mol. The van der Waals surface area contributed by atoms with Crippen LogP contribution in [-0.4, -0.2) is 54.8 Å². The Bertz CT molecular complexity index is 1200. The van der Waals surface area contributed by atoms with E-state index in [1.54, 1.807) is 0 Å². The van der Waals surface area contributed by atoms with E-state index in [0.717, 1.165) is 19.5 Å². The molecule has 2 aromatic rings. The zero-order valence-corrected chi connectivity index (χ0v) is 18.2. The summed E-state index contributed by atoms with van der Waals surface area (Å²) in [5, 5.41) is 22.1. The Labute approximate surface area is 184 Å². The van der Waals surface area contributed by atoms with Crippen LogP contribution in [0.15, 0.2) is 18.7 Å². The van der Waals surface area contributed by atoms with Gasteiger partial charge in [-0.15, -0.1) is 15.0 Å². The fraction of sp³-hybridized carbons (Fsp3) is 0.450. The molecule has 9 nitrogen and oxygen atoms in total. The zero-order valence-electron chi connectivity index (χ0n) is 16.6. The summed E-state index contributed by atoms with van der Waals surface area (Å²) in [6, 6.07) is 1.04. The standard InChI is InChI=1S/C20H21ClN2O7S/c1-3-9-8-23-5-4-10(9)6-12(23)16(24)15-14-11(22-20(21)17(15)25)7-13-18(28-2)19(14)30-31(26,27)29-13/h3,7,9-10,12,16,24-25H,1,4-6,8H2,2H3/t9-,10?,12-,16-/m0/s1. The molecule has 4 aliphatic rings. The third-order valence-corrected chi connectivity index (χ3v) is 7.53. The highest BCUT2D eigenvalue weighted by Gasteiger charge is 2.44. The van der Waals surface area contributed by atoms with Crippen LogP contribution in [0.25, 0.3) is 10.9 Å². The molecule has 2 N–H and O–H groups in total. The third kappa shape index (κ3) is 3.12. The van der Waals surface area contributed by atoms with Crippen molar-refractivity contribution >= 4 is 32.9 Å². The molecule has 0 saturated carbocycles. The molecule has 11 heteroatoms. The summed E-state index contributed by atoms with van der Waals surface area (Å²) in [4.78, 5) is 6.29. The molecule has 166 valence electrons.